The van der Waals surface area contributed by atoms with Gasteiger partial charge in [0.25, 0.3) is 5.91 Å². The van der Waals surface area contributed by atoms with Crippen LogP contribution in [0.5, 0.6) is 5.75 Å². The molecular weight excluding hydrogens is 350 g/mol. The van der Waals surface area contributed by atoms with E-state index >= 15 is 0 Å². The van der Waals surface area contributed by atoms with Crippen molar-refractivity contribution < 1.29 is 9.90 Å². The third-order valence-corrected chi connectivity index (χ3v) is 5.09. The van der Waals surface area contributed by atoms with Crippen LogP contribution in [0.4, 0.5) is 10.8 Å². The van der Waals surface area contributed by atoms with E-state index in [-0.39, 0.29) is 11.7 Å². The van der Waals surface area contributed by atoms with Gasteiger partial charge in [-0.1, -0.05) is 17.4 Å². The number of benzene rings is 2. The van der Waals surface area contributed by atoms with Crippen molar-refractivity contribution >= 4 is 49.2 Å². The van der Waals surface area contributed by atoms with Crippen LogP contribution < -0.4 is 10.6 Å². The molecule has 8 heteroatoms. The number of phenolic OH excluding ortho intramolecular Hbond substituents is 1. The molecule has 4 N–H and O–H groups in total. The molecule has 0 aliphatic carbocycles. The van der Waals surface area contributed by atoms with E-state index in [2.05, 4.69) is 25.8 Å². The Bertz CT molecular complexity index is 1120. The molecule has 2 aromatic heterocycles. The summed E-state index contributed by atoms with van der Waals surface area (Å²) in [5, 5.41) is 24.1. The number of anilines is 2. The van der Waals surface area contributed by atoms with Gasteiger partial charge in [0.2, 0.25) is 0 Å². The summed E-state index contributed by atoms with van der Waals surface area (Å²) >= 11 is 1.41. The number of aromatic amines is 1. The lowest BCUT2D eigenvalue weighted by Crippen LogP contribution is -2.44. The minimum atomic E-state index is -0.892. The van der Waals surface area contributed by atoms with Crippen LogP contribution in [-0.4, -0.2) is 31.7 Å². The van der Waals surface area contributed by atoms with Gasteiger partial charge in [0.15, 0.2) is 5.13 Å². The normalized spacial score (nSPS) is 11.8. The number of H-pyrrole nitrogens is 1. The number of aromatic hydroxyl groups is 1. The highest BCUT2D eigenvalue weighted by Gasteiger charge is 2.28. The molecular formula is C18H17N5O2S. The molecule has 0 aliphatic heterocycles. The molecule has 0 radical (unpaired) electrons. The average molecular weight is 367 g/mol. The Balaban J connectivity index is 1.57. The molecule has 0 unspecified atom stereocenters. The summed E-state index contributed by atoms with van der Waals surface area (Å²) in [5.41, 5.74) is 1.52. The Morgan fingerprint density at radius 2 is 2.12 bits per heavy atom. The number of aromatic nitrogens is 3. The second kappa shape index (κ2) is 5.99. The molecule has 0 saturated carbocycles. The molecule has 1 amide bonds. The topological polar surface area (TPSA) is 103 Å². The molecule has 4 rings (SSSR count). The lowest BCUT2D eigenvalue weighted by atomic mass is 10.0. The predicted molar refractivity (Wildman–Crippen MR) is 104 cm³/mol. The molecule has 0 saturated heterocycles. The van der Waals surface area contributed by atoms with Crippen LogP contribution in [0.25, 0.3) is 21.1 Å². The van der Waals surface area contributed by atoms with Crippen molar-refractivity contribution in [2.24, 2.45) is 0 Å². The van der Waals surface area contributed by atoms with Gasteiger partial charge in [0.1, 0.15) is 11.3 Å². The number of rotatable bonds is 4. The number of thiazole rings is 1. The smallest absolute Gasteiger partial charge is 0.251 e. The first-order valence-electron chi connectivity index (χ1n) is 8.04. The van der Waals surface area contributed by atoms with Crippen LogP contribution in [0.3, 0.4) is 0 Å². The fraction of sp³-hybridized carbons (Fsp3) is 0.167. The first-order chi connectivity index (χ1) is 12.4. The third kappa shape index (κ3) is 2.95. The van der Waals surface area contributed by atoms with E-state index in [1.54, 1.807) is 44.3 Å². The lowest BCUT2D eigenvalue weighted by Gasteiger charge is -2.25. The molecule has 26 heavy (non-hydrogen) atoms. The predicted octanol–water partition coefficient (Wildman–Crippen LogP) is 3.71. The number of nitrogens with zero attached hydrogens (tertiary/aromatic N) is 2. The number of carbonyl (C=O) groups is 1. The van der Waals surface area contributed by atoms with Gasteiger partial charge in [-0.15, -0.1) is 0 Å². The van der Waals surface area contributed by atoms with Gasteiger partial charge < -0.3 is 10.4 Å². The van der Waals surface area contributed by atoms with Gasteiger partial charge >= 0.3 is 0 Å². The van der Waals surface area contributed by atoms with Crippen molar-refractivity contribution in [3.05, 3.63) is 42.6 Å². The zero-order valence-corrected chi connectivity index (χ0v) is 15.0. The van der Waals surface area contributed by atoms with E-state index in [9.17, 15) is 9.90 Å². The zero-order chi connectivity index (χ0) is 18.3. The maximum Gasteiger partial charge on any atom is 0.251 e. The van der Waals surface area contributed by atoms with Crippen molar-refractivity contribution in [3.63, 3.8) is 0 Å². The molecule has 2 heterocycles. The molecule has 132 valence electrons. The Labute approximate surface area is 153 Å². The third-order valence-electron chi connectivity index (χ3n) is 4.07. The van der Waals surface area contributed by atoms with Crippen molar-refractivity contribution in [1.29, 1.82) is 0 Å². The Hall–Kier alpha value is -3.13. The van der Waals surface area contributed by atoms with Crippen molar-refractivity contribution in [2.75, 3.05) is 10.6 Å². The Morgan fingerprint density at radius 1 is 1.27 bits per heavy atom. The van der Waals surface area contributed by atoms with E-state index in [1.807, 2.05) is 12.1 Å². The number of hydrogen-bond acceptors (Lipinski definition) is 6. The minimum Gasteiger partial charge on any atom is -0.508 e. The van der Waals surface area contributed by atoms with Crippen LogP contribution in [-0.2, 0) is 4.79 Å². The van der Waals surface area contributed by atoms with Crippen molar-refractivity contribution in [2.45, 2.75) is 19.4 Å². The number of phenols is 1. The summed E-state index contributed by atoms with van der Waals surface area (Å²) in [6.45, 7) is 3.54. The van der Waals surface area contributed by atoms with Gasteiger partial charge in [-0.3, -0.25) is 15.2 Å². The standard InChI is InChI=1S/C18H17N5O2S/c1-18(2,22-10-4-3-5-11(24)8-10)16(25)21-17-20-14-7-6-13-12(9-19-23-13)15(14)26-17/h3-9,22,24H,1-2H3,(H,19,23)(H,20,21,25). The lowest BCUT2D eigenvalue weighted by molar-refractivity contribution is -0.119. The van der Waals surface area contributed by atoms with Gasteiger partial charge in [-0.05, 0) is 38.1 Å². The summed E-state index contributed by atoms with van der Waals surface area (Å²) in [6, 6.07) is 10.5. The summed E-state index contributed by atoms with van der Waals surface area (Å²) in [4.78, 5) is 17.2. The van der Waals surface area contributed by atoms with E-state index in [0.717, 1.165) is 21.1 Å². The molecule has 2 aromatic carbocycles. The van der Waals surface area contributed by atoms with Crippen LogP contribution >= 0.6 is 11.3 Å². The highest BCUT2D eigenvalue weighted by atomic mass is 32.1. The monoisotopic (exact) mass is 367 g/mol. The second-order valence-electron chi connectivity index (χ2n) is 6.52. The van der Waals surface area contributed by atoms with Crippen LogP contribution in [0.15, 0.2) is 42.6 Å². The molecule has 0 fully saturated rings. The number of amides is 1. The van der Waals surface area contributed by atoms with Gasteiger partial charge in [-0.2, -0.15) is 5.10 Å². The van der Waals surface area contributed by atoms with Gasteiger partial charge in [0, 0.05) is 17.1 Å². The maximum atomic E-state index is 12.7. The largest absolute Gasteiger partial charge is 0.508 e. The molecule has 0 aliphatic rings. The number of hydrogen-bond donors (Lipinski definition) is 4. The number of nitrogens with one attached hydrogen (secondary N) is 3. The number of fused-ring (bicyclic) bond motifs is 3. The average Bonchev–Trinajstić information content (AvgIpc) is 3.19. The fourth-order valence-electron chi connectivity index (χ4n) is 2.71. The number of carbonyl (C=O) groups excluding carboxylic acids is 1. The second-order valence-corrected chi connectivity index (χ2v) is 7.52. The van der Waals surface area contributed by atoms with Gasteiger partial charge in [0.05, 0.1) is 21.9 Å². The molecule has 7 nitrogen and oxygen atoms in total. The van der Waals surface area contributed by atoms with Gasteiger partial charge in [-0.25, -0.2) is 4.98 Å². The summed E-state index contributed by atoms with van der Waals surface area (Å²) in [5.74, 6) is -0.0788. The van der Waals surface area contributed by atoms with E-state index in [1.165, 1.54) is 11.3 Å². The Kier molecular flexibility index (Phi) is 3.77. The first-order valence-corrected chi connectivity index (χ1v) is 8.85. The van der Waals surface area contributed by atoms with E-state index < -0.39 is 5.54 Å². The molecule has 0 atom stereocenters. The quantitative estimate of drug-likeness (QED) is 0.440. The molecule has 0 spiro atoms. The van der Waals surface area contributed by atoms with Crippen molar-refractivity contribution in [3.8, 4) is 5.75 Å². The van der Waals surface area contributed by atoms with Crippen LogP contribution in [0, 0.1) is 0 Å². The summed E-state index contributed by atoms with van der Waals surface area (Å²) < 4.78 is 0.977. The Morgan fingerprint density at radius 3 is 2.92 bits per heavy atom. The minimum absolute atomic E-state index is 0.140. The van der Waals surface area contributed by atoms with Crippen LogP contribution in [0.2, 0.25) is 0 Å². The summed E-state index contributed by atoms with van der Waals surface area (Å²) in [7, 11) is 0. The maximum absolute atomic E-state index is 12.7. The highest BCUT2D eigenvalue weighted by molar-refractivity contribution is 7.23. The molecule has 0 bridgehead atoms. The van der Waals surface area contributed by atoms with Crippen molar-refractivity contribution in [1.82, 2.24) is 15.2 Å². The first kappa shape index (κ1) is 16.3. The van der Waals surface area contributed by atoms with Crippen LogP contribution in [0.1, 0.15) is 13.8 Å². The van der Waals surface area contributed by atoms with E-state index in [4.69, 9.17) is 0 Å². The van der Waals surface area contributed by atoms with E-state index in [0.29, 0.717) is 10.8 Å². The SMILES string of the molecule is CC(C)(Nc1cccc(O)c1)C(=O)Nc1nc2ccc3[nH]ncc3c2s1. The molecule has 4 aromatic rings. The highest BCUT2D eigenvalue weighted by Crippen LogP contribution is 2.32. The summed E-state index contributed by atoms with van der Waals surface area (Å²) in [6.07, 6.45) is 1.76. The fourth-order valence-corrected chi connectivity index (χ4v) is 3.68. The zero-order valence-electron chi connectivity index (χ0n) is 14.2.